The van der Waals surface area contributed by atoms with E-state index in [1.165, 1.54) is 0 Å². The van der Waals surface area contributed by atoms with Gasteiger partial charge in [-0.05, 0) is 32.1 Å². The molecule has 0 aromatic carbocycles. The molecule has 2 bridgehead atoms. The molecular weight excluding hydrogens is 260 g/mol. The Bertz CT molecular complexity index is 479. The number of rotatable bonds is 0. The lowest BCUT2D eigenvalue weighted by Gasteiger charge is -2.60. The molecule has 3 saturated heterocycles. The Labute approximate surface area is 118 Å². The van der Waals surface area contributed by atoms with Gasteiger partial charge in [0.1, 0.15) is 5.60 Å². The Hall–Kier alpha value is -0.650. The van der Waals surface area contributed by atoms with Crippen molar-refractivity contribution in [1.82, 2.24) is 0 Å². The van der Waals surface area contributed by atoms with E-state index in [2.05, 4.69) is 6.92 Å². The maximum Gasteiger partial charge on any atom is 0.311 e. The molecule has 0 amide bonds. The molecule has 0 aromatic rings. The summed E-state index contributed by atoms with van der Waals surface area (Å²) >= 11 is 0. The van der Waals surface area contributed by atoms with E-state index in [9.17, 15) is 9.90 Å². The molecule has 1 spiro atoms. The van der Waals surface area contributed by atoms with E-state index in [1.807, 2.05) is 13.8 Å². The summed E-state index contributed by atoms with van der Waals surface area (Å²) in [6.45, 7) is 5.82. The second-order valence-corrected chi connectivity index (χ2v) is 7.21. The second kappa shape index (κ2) is 3.57. The first kappa shape index (κ1) is 13.0. The summed E-state index contributed by atoms with van der Waals surface area (Å²) in [4.78, 5) is 12.1. The fourth-order valence-electron chi connectivity index (χ4n) is 4.95. The quantitative estimate of drug-likeness (QED) is 0.683. The Morgan fingerprint density at radius 3 is 2.75 bits per heavy atom. The molecule has 0 aromatic heterocycles. The molecule has 4 aliphatic rings. The van der Waals surface area contributed by atoms with Crippen LogP contribution in [0.1, 0.15) is 46.5 Å². The van der Waals surface area contributed by atoms with Crippen LogP contribution in [0.5, 0.6) is 0 Å². The summed E-state index contributed by atoms with van der Waals surface area (Å²) in [6.07, 6.45) is 2.28. The molecule has 1 unspecified atom stereocenters. The molecule has 3 heterocycles. The number of esters is 1. The third kappa shape index (κ3) is 1.23. The summed E-state index contributed by atoms with van der Waals surface area (Å²) in [5.41, 5.74) is -1.85. The highest BCUT2D eigenvalue weighted by Gasteiger charge is 2.77. The summed E-state index contributed by atoms with van der Waals surface area (Å²) < 4.78 is 17.7. The molecule has 5 heteroatoms. The predicted molar refractivity (Wildman–Crippen MR) is 68.4 cm³/mol. The summed E-state index contributed by atoms with van der Waals surface area (Å²) in [6, 6.07) is 0. The van der Waals surface area contributed by atoms with Gasteiger partial charge in [-0.3, -0.25) is 4.79 Å². The van der Waals surface area contributed by atoms with Gasteiger partial charge in [0, 0.05) is 12.3 Å². The molecule has 4 rings (SSSR count). The molecule has 1 N–H and O–H groups in total. The van der Waals surface area contributed by atoms with Gasteiger partial charge in [0.2, 0.25) is 6.29 Å². The Morgan fingerprint density at radius 1 is 1.25 bits per heavy atom. The van der Waals surface area contributed by atoms with Crippen molar-refractivity contribution in [2.75, 3.05) is 0 Å². The van der Waals surface area contributed by atoms with Crippen LogP contribution >= 0.6 is 0 Å². The van der Waals surface area contributed by atoms with Crippen LogP contribution in [0.3, 0.4) is 0 Å². The van der Waals surface area contributed by atoms with Crippen molar-refractivity contribution in [2.24, 2.45) is 17.8 Å². The fourth-order valence-corrected chi connectivity index (χ4v) is 4.95. The molecular formula is C15H22O5. The zero-order chi connectivity index (χ0) is 14.3. The third-order valence-corrected chi connectivity index (χ3v) is 6.20. The van der Waals surface area contributed by atoms with Gasteiger partial charge in [0.25, 0.3) is 0 Å². The number of carbonyl (C=O) groups is 1. The van der Waals surface area contributed by atoms with Crippen LogP contribution < -0.4 is 0 Å². The summed E-state index contributed by atoms with van der Waals surface area (Å²) in [5, 5.41) is 11.4. The first-order valence-corrected chi connectivity index (χ1v) is 7.63. The molecule has 112 valence electrons. The normalized spacial score (nSPS) is 60.9. The van der Waals surface area contributed by atoms with Crippen LogP contribution in [0.4, 0.5) is 0 Å². The Balaban J connectivity index is 1.89. The maximum absolute atomic E-state index is 12.1. The van der Waals surface area contributed by atoms with E-state index >= 15 is 0 Å². The van der Waals surface area contributed by atoms with Gasteiger partial charge in [-0.15, -0.1) is 0 Å². The third-order valence-electron chi connectivity index (χ3n) is 6.20. The molecule has 20 heavy (non-hydrogen) atoms. The van der Waals surface area contributed by atoms with Gasteiger partial charge in [-0.2, -0.15) is 0 Å². The molecule has 4 fully saturated rings. The lowest BCUT2D eigenvalue weighted by molar-refractivity contribution is -0.323. The van der Waals surface area contributed by atoms with Gasteiger partial charge in [-0.1, -0.05) is 13.8 Å². The minimum atomic E-state index is -0.967. The van der Waals surface area contributed by atoms with Crippen LogP contribution in [0.15, 0.2) is 0 Å². The first-order chi connectivity index (χ1) is 9.32. The highest BCUT2D eigenvalue weighted by Crippen LogP contribution is 2.64. The fraction of sp³-hybridized carbons (Fsp3) is 0.933. The number of fused-ring (bicyclic) bond motifs is 1. The molecule has 1 saturated carbocycles. The smallest absolute Gasteiger partial charge is 0.311 e. The lowest BCUT2D eigenvalue weighted by Crippen LogP contribution is -2.74. The summed E-state index contributed by atoms with van der Waals surface area (Å²) in [7, 11) is 0. The SMILES string of the molecule is C[C@@H]1CC[C@H]2[C@@H](C)C(=O)O[C@@H]3OC4(C)CC[C@]1(O)[C@]32O4. The summed E-state index contributed by atoms with van der Waals surface area (Å²) in [5.74, 6) is -1.14. The van der Waals surface area contributed by atoms with Crippen molar-refractivity contribution in [1.29, 1.82) is 0 Å². The zero-order valence-corrected chi connectivity index (χ0v) is 12.2. The minimum Gasteiger partial charge on any atom is -0.432 e. The number of carbonyl (C=O) groups excluding carboxylic acids is 1. The molecule has 3 aliphatic heterocycles. The van der Waals surface area contributed by atoms with E-state index in [0.29, 0.717) is 12.8 Å². The van der Waals surface area contributed by atoms with Gasteiger partial charge in [0.05, 0.1) is 5.92 Å². The lowest BCUT2D eigenvalue weighted by atomic mass is 9.54. The van der Waals surface area contributed by atoms with Crippen molar-refractivity contribution in [2.45, 2.75) is 69.7 Å². The zero-order valence-electron chi connectivity index (χ0n) is 12.2. The van der Waals surface area contributed by atoms with Crippen LogP contribution in [0.25, 0.3) is 0 Å². The molecule has 5 nitrogen and oxygen atoms in total. The highest BCUT2D eigenvalue weighted by molar-refractivity contribution is 5.74. The van der Waals surface area contributed by atoms with Gasteiger partial charge < -0.3 is 19.3 Å². The van der Waals surface area contributed by atoms with E-state index in [0.717, 1.165) is 12.8 Å². The van der Waals surface area contributed by atoms with Crippen molar-refractivity contribution in [3.05, 3.63) is 0 Å². The van der Waals surface area contributed by atoms with Gasteiger partial charge >= 0.3 is 5.97 Å². The van der Waals surface area contributed by atoms with Gasteiger partial charge in [-0.25, -0.2) is 0 Å². The topological polar surface area (TPSA) is 65.0 Å². The van der Waals surface area contributed by atoms with Gasteiger partial charge in [0.15, 0.2) is 11.4 Å². The average Bonchev–Trinajstić information content (AvgIpc) is 2.64. The van der Waals surface area contributed by atoms with Crippen LogP contribution in [0, 0.1) is 17.8 Å². The first-order valence-electron chi connectivity index (χ1n) is 7.63. The maximum atomic E-state index is 12.1. The number of hydrogen-bond donors (Lipinski definition) is 1. The minimum absolute atomic E-state index is 0.0305. The predicted octanol–water partition coefficient (Wildman–Crippen LogP) is 1.58. The second-order valence-electron chi connectivity index (χ2n) is 7.21. The number of aliphatic hydroxyl groups is 1. The van der Waals surface area contributed by atoms with Crippen LogP contribution in [0.2, 0.25) is 0 Å². The number of ether oxygens (including phenoxy) is 3. The van der Waals surface area contributed by atoms with Crippen LogP contribution in [-0.4, -0.2) is 34.4 Å². The average molecular weight is 282 g/mol. The molecule has 0 radical (unpaired) electrons. The van der Waals surface area contributed by atoms with E-state index < -0.39 is 23.3 Å². The molecule has 1 aliphatic carbocycles. The number of hydrogen-bond acceptors (Lipinski definition) is 5. The van der Waals surface area contributed by atoms with Crippen LogP contribution in [-0.2, 0) is 19.0 Å². The largest absolute Gasteiger partial charge is 0.432 e. The van der Waals surface area contributed by atoms with Crippen molar-refractivity contribution in [3.8, 4) is 0 Å². The van der Waals surface area contributed by atoms with Crippen molar-refractivity contribution in [3.63, 3.8) is 0 Å². The van der Waals surface area contributed by atoms with E-state index in [1.54, 1.807) is 0 Å². The monoisotopic (exact) mass is 282 g/mol. The van der Waals surface area contributed by atoms with E-state index in [4.69, 9.17) is 14.2 Å². The Morgan fingerprint density at radius 2 is 2.00 bits per heavy atom. The standard InChI is InChI=1S/C15H22O5/c1-8-4-5-10-9(2)11(16)18-12-15(10)14(8,17)7-6-13(3,19-12)20-15/h8-10,12,17H,4-7H2,1-3H3/t8-,9-,10+,12-,13?,14-,15-/m1/s1. The van der Waals surface area contributed by atoms with Crippen molar-refractivity contribution < 1.29 is 24.1 Å². The Kier molecular flexibility index (Phi) is 2.33. The van der Waals surface area contributed by atoms with Crippen molar-refractivity contribution >= 4 is 5.97 Å². The molecule has 7 atom stereocenters. The van der Waals surface area contributed by atoms with E-state index in [-0.39, 0.29) is 23.7 Å². The highest BCUT2D eigenvalue weighted by atomic mass is 16.8.